The Kier molecular flexibility index (Phi) is 6.41. The molecule has 0 spiro atoms. The van der Waals surface area contributed by atoms with Crippen LogP contribution in [0.4, 0.5) is 11.6 Å². The molecule has 1 aromatic carbocycles. The van der Waals surface area contributed by atoms with E-state index in [2.05, 4.69) is 20.6 Å². The van der Waals surface area contributed by atoms with Gasteiger partial charge in [-0.2, -0.15) is 0 Å². The quantitative estimate of drug-likeness (QED) is 0.735. The first-order chi connectivity index (χ1) is 12.0. The van der Waals surface area contributed by atoms with E-state index in [9.17, 15) is 9.59 Å². The maximum absolute atomic E-state index is 12.3. The molecule has 25 heavy (non-hydrogen) atoms. The van der Waals surface area contributed by atoms with Crippen molar-refractivity contribution in [2.24, 2.45) is 0 Å². The molecule has 1 amide bonds. The second kappa shape index (κ2) is 8.74. The van der Waals surface area contributed by atoms with Crippen LogP contribution in [0, 0.1) is 0 Å². The number of rotatable bonds is 7. The van der Waals surface area contributed by atoms with Crippen LogP contribution in [-0.2, 0) is 4.74 Å². The number of esters is 1. The molecule has 0 aliphatic heterocycles. The van der Waals surface area contributed by atoms with Crippen LogP contribution in [-0.4, -0.2) is 61.0 Å². The number of carbonyl (C=O) groups is 2. The zero-order chi connectivity index (χ0) is 18.2. The van der Waals surface area contributed by atoms with Crippen molar-refractivity contribution in [1.82, 2.24) is 14.9 Å². The van der Waals surface area contributed by atoms with Gasteiger partial charge in [0.25, 0.3) is 5.91 Å². The van der Waals surface area contributed by atoms with Gasteiger partial charge in [0.05, 0.1) is 23.9 Å². The van der Waals surface area contributed by atoms with Crippen molar-refractivity contribution >= 4 is 23.5 Å². The van der Waals surface area contributed by atoms with Crippen LogP contribution in [0.1, 0.15) is 20.7 Å². The Labute approximate surface area is 146 Å². The molecule has 2 N–H and O–H groups in total. The Morgan fingerprint density at radius 3 is 2.48 bits per heavy atom. The van der Waals surface area contributed by atoms with E-state index in [-0.39, 0.29) is 11.1 Å². The lowest BCUT2D eigenvalue weighted by Gasteiger charge is -2.11. The minimum absolute atomic E-state index is 0.279. The van der Waals surface area contributed by atoms with E-state index in [1.807, 2.05) is 19.0 Å². The number of hydrogen-bond donors (Lipinski definition) is 2. The molecule has 0 saturated carbocycles. The summed E-state index contributed by atoms with van der Waals surface area (Å²) in [7, 11) is 5.24. The number of amides is 1. The highest BCUT2D eigenvalue weighted by molar-refractivity contribution is 6.07. The number of nitrogens with one attached hydrogen (secondary N) is 2. The molecule has 0 atom stereocenters. The Balaban J connectivity index is 2.03. The SMILES string of the molecule is COC(=O)c1ccccc1NC(=O)c1cnc(NCCN(C)C)nc1. The minimum atomic E-state index is -0.521. The monoisotopic (exact) mass is 343 g/mol. The summed E-state index contributed by atoms with van der Waals surface area (Å²) in [5.41, 5.74) is 0.937. The van der Waals surface area contributed by atoms with Crippen LogP contribution in [0.15, 0.2) is 36.7 Å². The maximum Gasteiger partial charge on any atom is 0.339 e. The van der Waals surface area contributed by atoms with E-state index in [0.29, 0.717) is 18.2 Å². The molecule has 2 rings (SSSR count). The lowest BCUT2D eigenvalue weighted by molar-refractivity contribution is 0.0602. The lowest BCUT2D eigenvalue weighted by atomic mass is 10.1. The van der Waals surface area contributed by atoms with Crippen molar-refractivity contribution in [3.8, 4) is 0 Å². The van der Waals surface area contributed by atoms with Crippen molar-refractivity contribution in [1.29, 1.82) is 0 Å². The number of ether oxygens (including phenoxy) is 1. The zero-order valence-electron chi connectivity index (χ0n) is 14.4. The summed E-state index contributed by atoms with van der Waals surface area (Å²) < 4.78 is 4.71. The van der Waals surface area contributed by atoms with Gasteiger partial charge in [0, 0.05) is 25.5 Å². The third kappa shape index (κ3) is 5.25. The van der Waals surface area contributed by atoms with Gasteiger partial charge >= 0.3 is 5.97 Å². The molecule has 8 heteroatoms. The first kappa shape index (κ1) is 18.3. The molecule has 1 aromatic heterocycles. The van der Waals surface area contributed by atoms with Gasteiger partial charge in [0.1, 0.15) is 0 Å². The van der Waals surface area contributed by atoms with Gasteiger partial charge in [-0.05, 0) is 26.2 Å². The molecule has 0 radical (unpaired) electrons. The van der Waals surface area contributed by atoms with Crippen molar-refractivity contribution in [2.45, 2.75) is 0 Å². The van der Waals surface area contributed by atoms with E-state index >= 15 is 0 Å². The molecule has 0 saturated heterocycles. The Morgan fingerprint density at radius 1 is 1.16 bits per heavy atom. The van der Waals surface area contributed by atoms with Crippen LogP contribution in [0.25, 0.3) is 0 Å². The number of anilines is 2. The van der Waals surface area contributed by atoms with E-state index in [0.717, 1.165) is 6.54 Å². The highest BCUT2D eigenvalue weighted by atomic mass is 16.5. The van der Waals surface area contributed by atoms with Gasteiger partial charge in [0.2, 0.25) is 5.95 Å². The Morgan fingerprint density at radius 2 is 1.84 bits per heavy atom. The lowest BCUT2D eigenvalue weighted by Crippen LogP contribution is -2.21. The molecular weight excluding hydrogens is 322 g/mol. The number of methoxy groups -OCH3 is 1. The van der Waals surface area contributed by atoms with Gasteiger partial charge < -0.3 is 20.3 Å². The number of para-hydroxylation sites is 1. The number of nitrogens with zero attached hydrogens (tertiary/aromatic N) is 3. The van der Waals surface area contributed by atoms with E-state index < -0.39 is 11.9 Å². The number of aromatic nitrogens is 2. The topological polar surface area (TPSA) is 96.4 Å². The summed E-state index contributed by atoms with van der Waals surface area (Å²) >= 11 is 0. The van der Waals surface area contributed by atoms with E-state index in [1.54, 1.807) is 24.3 Å². The predicted molar refractivity (Wildman–Crippen MR) is 94.8 cm³/mol. The second-order valence-electron chi connectivity index (χ2n) is 5.52. The molecule has 0 fully saturated rings. The largest absolute Gasteiger partial charge is 0.465 e. The number of benzene rings is 1. The molecule has 2 aromatic rings. The molecule has 0 aliphatic rings. The highest BCUT2D eigenvalue weighted by Gasteiger charge is 2.14. The fourth-order valence-corrected chi connectivity index (χ4v) is 2.00. The fraction of sp³-hybridized carbons (Fsp3) is 0.294. The average molecular weight is 343 g/mol. The predicted octanol–water partition coefficient (Wildman–Crippen LogP) is 1.49. The average Bonchev–Trinajstić information content (AvgIpc) is 2.61. The van der Waals surface area contributed by atoms with Gasteiger partial charge in [0.15, 0.2) is 0 Å². The van der Waals surface area contributed by atoms with Crippen LogP contribution >= 0.6 is 0 Å². The van der Waals surface area contributed by atoms with Gasteiger partial charge in [-0.25, -0.2) is 14.8 Å². The second-order valence-corrected chi connectivity index (χ2v) is 5.52. The van der Waals surface area contributed by atoms with Crippen molar-refractivity contribution < 1.29 is 14.3 Å². The van der Waals surface area contributed by atoms with Gasteiger partial charge in [-0.15, -0.1) is 0 Å². The third-order valence-electron chi connectivity index (χ3n) is 3.34. The van der Waals surface area contributed by atoms with Crippen molar-refractivity contribution in [3.63, 3.8) is 0 Å². The summed E-state index contributed by atoms with van der Waals surface area (Å²) in [6, 6.07) is 6.62. The maximum atomic E-state index is 12.3. The van der Waals surface area contributed by atoms with Gasteiger partial charge in [-0.3, -0.25) is 4.79 Å². The van der Waals surface area contributed by atoms with E-state index in [1.165, 1.54) is 19.5 Å². The summed E-state index contributed by atoms with van der Waals surface area (Å²) in [6.07, 6.45) is 2.86. The summed E-state index contributed by atoms with van der Waals surface area (Å²) in [4.78, 5) is 34.3. The zero-order valence-corrected chi connectivity index (χ0v) is 14.4. The summed E-state index contributed by atoms with van der Waals surface area (Å²) in [5.74, 6) is -0.475. The molecule has 0 aliphatic carbocycles. The van der Waals surface area contributed by atoms with Crippen molar-refractivity contribution in [2.75, 3.05) is 44.9 Å². The van der Waals surface area contributed by atoms with Crippen LogP contribution in [0.2, 0.25) is 0 Å². The Hall–Kier alpha value is -3.00. The molecule has 132 valence electrons. The normalized spacial score (nSPS) is 10.4. The highest BCUT2D eigenvalue weighted by Crippen LogP contribution is 2.17. The number of hydrogen-bond acceptors (Lipinski definition) is 7. The minimum Gasteiger partial charge on any atom is -0.465 e. The smallest absolute Gasteiger partial charge is 0.339 e. The molecule has 0 bridgehead atoms. The number of likely N-dealkylation sites (N-methyl/N-ethyl adjacent to an activating group) is 1. The number of carbonyl (C=O) groups excluding carboxylic acids is 2. The molecular formula is C17H21N5O3. The molecule has 8 nitrogen and oxygen atoms in total. The Bertz CT molecular complexity index is 731. The first-order valence-electron chi connectivity index (χ1n) is 7.70. The van der Waals surface area contributed by atoms with Gasteiger partial charge in [-0.1, -0.05) is 12.1 Å². The van der Waals surface area contributed by atoms with Crippen LogP contribution in [0.5, 0.6) is 0 Å². The van der Waals surface area contributed by atoms with Crippen LogP contribution in [0.3, 0.4) is 0 Å². The fourth-order valence-electron chi connectivity index (χ4n) is 2.00. The standard InChI is InChI=1S/C17H21N5O3/c1-22(2)9-8-18-17-19-10-12(11-20-17)15(23)21-14-7-5-4-6-13(14)16(24)25-3/h4-7,10-11H,8-9H2,1-3H3,(H,21,23)(H,18,19,20). The van der Waals surface area contributed by atoms with Crippen molar-refractivity contribution in [3.05, 3.63) is 47.8 Å². The van der Waals surface area contributed by atoms with Crippen LogP contribution < -0.4 is 10.6 Å². The van der Waals surface area contributed by atoms with E-state index in [4.69, 9.17) is 4.74 Å². The third-order valence-corrected chi connectivity index (χ3v) is 3.34. The molecule has 0 unspecified atom stereocenters. The summed E-state index contributed by atoms with van der Waals surface area (Å²) in [6.45, 7) is 1.54. The first-order valence-corrected chi connectivity index (χ1v) is 7.70. The summed E-state index contributed by atoms with van der Waals surface area (Å²) in [5, 5.41) is 5.74. The molecule has 1 heterocycles.